The van der Waals surface area contributed by atoms with Crippen LogP contribution < -0.4 is 5.32 Å². The van der Waals surface area contributed by atoms with E-state index in [4.69, 9.17) is 11.6 Å². The van der Waals surface area contributed by atoms with Crippen molar-refractivity contribution in [1.29, 1.82) is 0 Å². The van der Waals surface area contributed by atoms with Gasteiger partial charge >= 0.3 is 0 Å². The van der Waals surface area contributed by atoms with Crippen LogP contribution in [0.5, 0.6) is 0 Å². The molecule has 3 nitrogen and oxygen atoms in total. The van der Waals surface area contributed by atoms with E-state index in [-0.39, 0.29) is 0 Å². The molecule has 0 aliphatic heterocycles. The molecule has 0 saturated heterocycles. The normalized spacial score (nSPS) is 10.1. The Morgan fingerprint density at radius 3 is 3.00 bits per heavy atom. The molecule has 0 aliphatic rings. The van der Waals surface area contributed by atoms with Gasteiger partial charge in [-0.25, -0.2) is 4.98 Å². The van der Waals surface area contributed by atoms with Gasteiger partial charge < -0.3 is 10.3 Å². The fraction of sp³-hybridized carbons (Fsp3) is 0.100. The quantitative estimate of drug-likeness (QED) is 0.795. The Morgan fingerprint density at radius 2 is 2.29 bits per heavy atom. The Bertz CT molecular complexity index is 423. The van der Waals surface area contributed by atoms with Crippen molar-refractivity contribution in [2.45, 2.75) is 6.92 Å². The van der Waals surface area contributed by atoms with Gasteiger partial charge in [0.05, 0.1) is 10.7 Å². The molecule has 14 heavy (non-hydrogen) atoms. The van der Waals surface area contributed by atoms with Crippen molar-refractivity contribution in [3.63, 3.8) is 0 Å². The number of hydrogen-bond donors (Lipinski definition) is 2. The Hall–Kier alpha value is -1.48. The van der Waals surface area contributed by atoms with Crippen LogP contribution in [0.25, 0.3) is 0 Å². The van der Waals surface area contributed by atoms with Crippen LogP contribution in [0.1, 0.15) is 5.56 Å². The molecule has 0 amide bonds. The SMILES string of the molecule is Cc1ccc(Cl)c(Nc2ncc[nH]2)c1. The van der Waals surface area contributed by atoms with Crippen molar-refractivity contribution in [2.24, 2.45) is 0 Å². The second-order valence-electron chi connectivity index (χ2n) is 3.05. The minimum atomic E-state index is 0.687. The first kappa shape index (κ1) is 9.09. The Balaban J connectivity index is 2.28. The maximum Gasteiger partial charge on any atom is 0.204 e. The molecule has 0 aliphatic carbocycles. The number of halogens is 1. The van der Waals surface area contributed by atoms with E-state index in [1.54, 1.807) is 12.4 Å². The lowest BCUT2D eigenvalue weighted by atomic mass is 10.2. The van der Waals surface area contributed by atoms with Crippen molar-refractivity contribution in [3.8, 4) is 0 Å². The summed E-state index contributed by atoms with van der Waals surface area (Å²) in [5, 5.41) is 3.78. The van der Waals surface area contributed by atoms with Crippen molar-refractivity contribution >= 4 is 23.2 Å². The first-order chi connectivity index (χ1) is 6.75. The Labute approximate surface area is 87.1 Å². The van der Waals surface area contributed by atoms with E-state index in [0.29, 0.717) is 11.0 Å². The number of imidazole rings is 1. The predicted molar refractivity (Wildman–Crippen MR) is 58.1 cm³/mol. The fourth-order valence-electron chi connectivity index (χ4n) is 1.20. The van der Waals surface area contributed by atoms with Gasteiger partial charge in [0, 0.05) is 12.4 Å². The number of H-pyrrole nitrogens is 1. The number of nitrogens with one attached hydrogen (secondary N) is 2. The number of aromatic nitrogens is 2. The van der Waals surface area contributed by atoms with Crippen LogP contribution in [-0.2, 0) is 0 Å². The highest BCUT2D eigenvalue weighted by Crippen LogP contribution is 2.24. The predicted octanol–water partition coefficient (Wildman–Crippen LogP) is 3.12. The standard InChI is InChI=1S/C10H10ClN3/c1-7-2-3-8(11)9(6-7)14-10-12-4-5-13-10/h2-6H,1H3,(H2,12,13,14). The van der Waals surface area contributed by atoms with Crippen molar-refractivity contribution < 1.29 is 0 Å². The number of anilines is 2. The van der Waals surface area contributed by atoms with E-state index < -0.39 is 0 Å². The zero-order valence-corrected chi connectivity index (χ0v) is 8.47. The van der Waals surface area contributed by atoms with Gasteiger partial charge in [-0.15, -0.1) is 0 Å². The number of nitrogens with zero attached hydrogens (tertiary/aromatic N) is 1. The second kappa shape index (κ2) is 3.72. The third-order valence-electron chi connectivity index (χ3n) is 1.87. The van der Waals surface area contributed by atoms with Crippen LogP contribution in [0.3, 0.4) is 0 Å². The first-order valence-electron chi connectivity index (χ1n) is 4.28. The third-order valence-corrected chi connectivity index (χ3v) is 2.20. The molecular weight excluding hydrogens is 198 g/mol. The molecule has 2 rings (SSSR count). The molecule has 1 aromatic carbocycles. The summed E-state index contributed by atoms with van der Waals surface area (Å²) in [6, 6.07) is 5.81. The molecule has 0 bridgehead atoms. The molecule has 1 heterocycles. The van der Waals surface area contributed by atoms with E-state index in [9.17, 15) is 0 Å². The van der Waals surface area contributed by atoms with Crippen molar-refractivity contribution in [2.75, 3.05) is 5.32 Å². The van der Waals surface area contributed by atoms with Crippen LogP contribution in [0.15, 0.2) is 30.6 Å². The molecule has 0 fully saturated rings. The van der Waals surface area contributed by atoms with Gasteiger partial charge in [-0.2, -0.15) is 0 Å². The van der Waals surface area contributed by atoms with Crippen LogP contribution in [-0.4, -0.2) is 9.97 Å². The summed E-state index contributed by atoms with van der Waals surface area (Å²) >= 11 is 6.01. The molecule has 2 N–H and O–H groups in total. The molecule has 0 atom stereocenters. The van der Waals surface area contributed by atoms with Crippen molar-refractivity contribution in [1.82, 2.24) is 9.97 Å². The number of benzene rings is 1. The van der Waals surface area contributed by atoms with Crippen LogP contribution in [0, 0.1) is 6.92 Å². The lowest BCUT2D eigenvalue weighted by Crippen LogP contribution is -1.93. The largest absolute Gasteiger partial charge is 0.331 e. The number of aryl methyl sites for hydroxylation is 1. The number of rotatable bonds is 2. The summed E-state index contributed by atoms with van der Waals surface area (Å²) in [5.74, 6) is 0.692. The van der Waals surface area contributed by atoms with E-state index in [2.05, 4.69) is 15.3 Å². The van der Waals surface area contributed by atoms with Gasteiger partial charge in [-0.05, 0) is 24.6 Å². The molecule has 72 valence electrons. The molecule has 4 heteroatoms. The number of aromatic amines is 1. The minimum absolute atomic E-state index is 0.687. The molecule has 2 aromatic rings. The van der Waals surface area contributed by atoms with Crippen molar-refractivity contribution in [3.05, 3.63) is 41.2 Å². The topological polar surface area (TPSA) is 40.7 Å². The average molecular weight is 208 g/mol. The average Bonchev–Trinajstić information content (AvgIpc) is 2.64. The number of hydrogen-bond acceptors (Lipinski definition) is 2. The lowest BCUT2D eigenvalue weighted by Gasteiger charge is -2.05. The molecule has 0 saturated carbocycles. The summed E-state index contributed by atoms with van der Waals surface area (Å²) in [7, 11) is 0. The van der Waals surface area contributed by atoms with Gasteiger partial charge in [0.15, 0.2) is 0 Å². The van der Waals surface area contributed by atoms with E-state index >= 15 is 0 Å². The smallest absolute Gasteiger partial charge is 0.204 e. The summed E-state index contributed by atoms with van der Waals surface area (Å²) in [5.41, 5.74) is 2.02. The van der Waals surface area contributed by atoms with E-state index in [1.165, 1.54) is 0 Å². The van der Waals surface area contributed by atoms with Crippen LogP contribution in [0.4, 0.5) is 11.6 Å². The van der Waals surface area contributed by atoms with Crippen LogP contribution in [0.2, 0.25) is 5.02 Å². The minimum Gasteiger partial charge on any atom is -0.331 e. The Kier molecular flexibility index (Phi) is 2.41. The lowest BCUT2D eigenvalue weighted by molar-refractivity contribution is 1.28. The van der Waals surface area contributed by atoms with Crippen LogP contribution >= 0.6 is 11.6 Å². The molecule has 1 aromatic heterocycles. The molecule has 0 unspecified atom stereocenters. The summed E-state index contributed by atoms with van der Waals surface area (Å²) in [4.78, 5) is 7.01. The van der Waals surface area contributed by atoms with Gasteiger partial charge in [0.1, 0.15) is 0 Å². The summed E-state index contributed by atoms with van der Waals surface area (Å²) in [6.07, 6.45) is 3.44. The van der Waals surface area contributed by atoms with Gasteiger partial charge in [0.2, 0.25) is 5.95 Å². The molecule has 0 spiro atoms. The summed E-state index contributed by atoms with van der Waals surface area (Å²) in [6.45, 7) is 2.02. The second-order valence-corrected chi connectivity index (χ2v) is 3.45. The molecular formula is C10H10ClN3. The van der Waals surface area contributed by atoms with Gasteiger partial charge in [-0.3, -0.25) is 0 Å². The highest BCUT2D eigenvalue weighted by molar-refractivity contribution is 6.33. The highest BCUT2D eigenvalue weighted by Gasteiger charge is 2.01. The first-order valence-corrected chi connectivity index (χ1v) is 4.66. The zero-order chi connectivity index (χ0) is 9.97. The fourth-order valence-corrected chi connectivity index (χ4v) is 1.36. The zero-order valence-electron chi connectivity index (χ0n) is 7.71. The monoisotopic (exact) mass is 207 g/mol. The summed E-state index contributed by atoms with van der Waals surface area (Å²) < 4.78 is 0. The maximum absolute atomic E-state index is 6.01. The van der Waals surface area contributed by atoms with Gasteiger partial charge in [-0.1, -0.05) is 17.7 Å². The molecule has 0 radical (unpaired) electrons. The van der Waals surface area contributed by atoms with E-state index in [0.717, 1.165) is 11.3 Å². The Morgan fingerprint density at radius 1 is 1.43 bits per heavy atom. The van der Waals surface area contributed by atoms with Gasteiger partial charge in [0.25, 0.3) is 0 Å². The van der Waals surface area contributed by atoms with E-state index in [1.807, 2.05) is 25.1 Å². The highest BCUT2D eigenvalue weighted by atomic mass is 35.5. The maximum atomic E-state index is 6.01. The third kappa shape index (κ3) is 1.88.